The first kappa shape index (κ1) is 16.5. The Bertz CT molecular complexity index is 814. The molecule has 0 fully saturated rings. The van der Waals surface area contributed by atoms with Gasteiger partial charge in [0, 0.05) is 41.5 Å². The minimum atomic E-state index is 0.656. The Balaban J connectivity index is 1.73. The maximum Gasteiger partial charge on any atom is 0.180 e. The molecule has 0 bridgehead atoms. The highest BCUT2D eigenvalue weighted by Gasteiger charge is 2.10. The van der Waals surface area contributed by atoms with Crippen molar-refractivity contribution in [3.05, 3.63) is 51.7 Å². The second-order valence-electron chi connectivity index (χ2n) is 5.57. The summed E-state index contributed by atoms with van der Waals surface area (Å²) in [5, 5.41) is 4.59. The van der Waals surface area contributed by atoms with Gasteiger partial charge in [-0.1, -0.05) is 13.0 Å². The molecule has 0 amide bonds. The molecular weight excluding hydrogens is 318 g/mol. The first-order chi connectivity index (χ1) is 11.7. The Morgan fingerprint density at radius 1 is 1.12 bits per heavy atom. The number of anilines is 1. The van der Waals surface area contributed by atoms with Crippen LogP contribution in [-0.4, -0.2) is 26.5 Å². The summed E-state index contributed by atoms with van der Waals surface area (Å²) in [5.74, 6) is 1.53. The second-order valence-corrected chi connectivity index (χ2v) is 6.77. The number of nitrogens with one attached hydrogen (secondary N) is 1. The fraction of sp³-hybridized carbons (Fsp3) is 0.333. The van der Waals surface area contributed by atoms with Crippen molar-refractivity contribution in [2.45, 2.75) is 33.6 Å². The fourth-order valence-corrected chi connectivity index (χ4v) is 3.19. The second kappa shape index (κ2) is 7.49. The van der Waals surface area contributed by atoms with E-state index in [1.54, 1.807) is 17.5 Å². The molecule has 3 aromatic rings. The number of aryl methyl sites for hydroxylation is 2. The average molecular weight is 339 g/mol. The van der Waals surface area contributed by atoms with Gasteiger partial charge in [0.2, 0.25) is 0 Å². The summed E-state index contributed by atoms with van der Waals surface area (Å²) >= 11 is 1.78. The van der Waals surface area contributed by atoms with E-state index in [1.807, 2.05) is 38.2 Å². The van der Waals surface area contributed by atoms with Crippen LogP contribution in [0.15, 0.2) is 30.6 Å². The molecule has 5 nitrogen and oxygen atoms in total. The number of aromatic nitrogens is 4. The van der Waals surface area contributed by atoms with E-state index in [0.29, 0.717) is 5.82 Å². The largest absolute Gasteiger partial charge is 0.369 e. The molecule has 0 aromatic carbocycles. The Hall–Kier alpha value is -2.34. The molecule has 3 heterocycles. The predicted octanol–water partition coefficient (Wildman–Crippen LogP) is 3.83. The number of hydrogen-bond acceptors (Lipinski definition) is 6. The van der Waals surface area contributed by atoms with Crippen molar-refractivity contribution in [3.8, 4) is 11.5 Å². The third kappa shape index (κ3) is 3.76. The Morgan fingerprint density at radius 2 is 2.00 bits per heavy atom. The Labute approximate surface area is 146 Å². The number of thiazole rings is 1. The van der Waals surface area contributed by atoms with Crippen molar-refractivity contribution in [1.29, 1.82) is 0 Å². The van der Waals surface area contributed by atoms with Gasteiger partial charge in [-0.2, -0.15) is 0 Å². The van der Waals surface area contributed by atoms with Crippen molar-refractivity contribution in [2.24, 2.45) is 0 Å². The molecule has 0 saturated heterocycles. The molecule has 0 spiro atoms. The third-order valence-electron chi connectivity index (χ3n) is 3.86. The molecule has 1 N–H and O–H groups in total. The fourth-order valence-electron chi connectivity index (χ4n) is 2.33. The standard InChI is InChI=1S/C18H21N5S/c1-4-14-11-21-16(24-14)8-10-20-17-12(2)13(3)22-18(23-17)15-7-5-6-9-19-15/h5-7,9,11H,4,8,10H2,1-3H3,(H,20,22,23). The third-order valence-corrected chi connectivity index (χ3v) is 5.07. The topological polar surface area (TPSA) is 63.6 Å². The molecule has 6 heteroatoms. The van der Waals surface area contributed by atoms with E-state index in [4.69, 9.17) is 0 Å². The first-order valence-electron chi connectivity index (χ1n) is 8.11. The van der Waals surface area contributed by atoms with Gasteiger partial charge >= 0.3 is 0 Å². The van der Waals surface area contributed by atoms with Gasteiger partial charge in [0.25, 0.3) is 0 Å². The van der Waals surface area contributed by atoms with Crippen molar-refractivity contribution in [3.63, 3.8) is 0 Å². The zero-order valence-corrected chi connectivity index (χ0v) is 15.0. The lowest BCUT2D eigenvalue weighted by atomic mass is 10.2. The molecule has 0 aliphatic heterocycles. The van der Waals surface area contributed by atoms with Gasteiger partial charge in [0.15, 0.2) is 5.82 Å². The van der Waals surface area contributed by atoms with Gasteiger partial charge < -0.3 is 5.32 Å². The molecule has 0 aliphatic carbocycles. The van der Waals surface area contributed by atoms with E-state index in [0.717, 1.165) is 47.2 Å². The van der Waals surface area contributed by atoms with Gasteiger partial charge in [-0.15, -0.1) is 11.3 Å². The normalized spacial score (nSPS) is 10.8. The smallest absolute Gasteiger partial charge is 0.180 e. The van der Waals surface area contributed by atoms with Crippen LogP contribution >= 0.6 is 11.3 Å². The molecule has 0 radical (unpaired) electrons. The highest BCUT2D eigenvalue weighted by atomic mass is 32.1. The summed E-state index contributed by atoms with van der Waals surface area (Å²) in [5.41, 5.74) is 2.83. The molecule has 0 saturated carbocycles. The zero-order chi connectivity index (χ0) is 16.9. The lowest BCUT2D eigenvalue weighted by molar-refractivity contribution is 0.967. The highest BCUT2D eigenvalue weighted by molar-refractivity contribution is 7.11. The summed E-state index contributed by atoms with van der Waals surface area (Å²) in [6.45, 7) is 7.00. The summed E-state index contributed by atoms with van der Waals surface area (Å²) < 4.78 is 0. The van der Waals surface area contributed by atoms with Gasteiger partial charge in [0.1, 0.15) is 11.5 Å². The van der Waals surface area contributed by atoms with Crippen molar-refractivity contribution < 1.29 is 0 Å². The Morgan fingerprint density at radius 3 is 2.71 bits per heavy atom. The molecule has 0 aliphatic rings. The lowest BCUT2D eigenvalue weighted by Gasteiger charge is -2.11. The van der Waals surface area contributed by atoms with Crippen molar-refractivity contribution >= 4 is 17.2 Å². The van der Waals surface area contributed by atoms with Crippen LogP contribution in [0.4, 0.5) is 5.82 Å². The van der Waals surface area contributed by atoms with E-state index in [2.05, 4.69) is 32.2 Å². The van der Waals surface area contributed by atoms with Gasteiger partial charge in [-0.05, 0) is 32.4 Å². The summed E-state index contributed by atoms with van der Waals surface area (Å²) in [6.07, 6.45) is 5.67. The van der Waals surface area contributed by atoms with Crippen molar-refractivity contribution in [1.82, 2.24) is 19.9 Å². The van der Waals surface area contributed by atoms with Crippen LogP contribution in [0.5, 0.6) is 0 Å². The summed E-state index contributed by atoms with van der Waals surface area (Å²) in [7, 11) is 0. The number of hydrogen-bond donors (Lipinski definition) is 1. The molecule has 124 valence electrons. The van der Waals surface area contributed by atoms with E-state index in [9.17, 15) is 0 Å². The maximum absolute atomic E-state index is 4.65. The summed E-state index contributed by atoms with van der Waals surface area (Å²) in [6, 6.07) is 5.76. The minimum Gasteiger partial charge on any atom is -0.369 e. The molecule has 0 unspecified atom stereocenters. The van der Waals surface area contributed by atoms with Gasteiger partial charge in [-0.25, -0.2) is 15.0 Å². The van der Waals surface area contributed by atoms with E-state index < -0.39 is 0 Å². The van der Waals surface area contributed by atoms with Crippen LogP contribution in [0.1, 0.15) is 28.1 Å². The number of pyridine rings is 1. The molecule has 0 atom stereocenters. The maximum atomic E-state index is 4.65. The minimum absolute atomic E-state index is 0.656. The van der Waals surface area contributed by atoms with Crippen LogP contribution < -0.4 is 5.32 Å². The Kier molecular flexibility index (Phi) is 5.15. The quantitative estimate of drug-likeness (QED) is 0.739. The molecule has 3 aromatic heterocycles. The lowest BCUT2D eigenvalue weighted by Crippen LogP contribution is -2.10. The number of nitrogens with zero attached hydrogens (tertiary/aromatic N) is 4. The molecule has 3 rings (SSSR count). The number of rotatable bonds is 6. The zero-order valence-electron chi connectivity index (χ0n) is 14.2. The van der Waals surface area contributed by atoms with E-state index in [-0.39, 0.29) is 0 Å². The molecule has 24 heavy (non-hydrogen) atoms. The van der Waals surface area contributed by atoms with Crippen LogP contribution in [0.3, 0.4) is 0 Å². The van der Waals surface area contributed by atoms with Crippen LogP contribution in [0, 0.1) is 13.8 Å². The monoisotopic (exact) mass is 339 g/mol. The average Bonchev–Trinajstić information content (AvgIpc) is 3.07. The van der Waals surface area contributed by atoms with Gasteiger partial charge in [-0.3, -0.25) is 4.98 Å². The van der Waals surface area contributed by atoms with E-state index >= 15 is 0 Å². The van der Waals surface area contributed by atoms with Crippen LogP contribution in [0.2, 0.25) is 0 Å². The van der Waals surface area contributed by atoms with Gasteiger partial charge in [0.05, 0.1) is 5.01 Å². The van der Waals surface area contributed by atoms with E-state index in [1.165, 1.54) is 4.88 Å². The summed E-state index contributed by atoms with van der Waals surface area (Å²) in [4.78, 5) is 19.3. The SMILES string of the molecule is CCc1cnc(CCNc2nc(-c3ccccn3)nc(C)c2C)s1. The van der Waals surface area contributed by atoms with Crippen molar-refractivity contribution in [2.75, 3.05) is 11.9 Å². The van der Waals surface area contributed by atoms with Crippen LogP contribution in [0.25, 0.3) is 11.5 Å². The van der Waals surface area contributed by atoms with Crippen LogP contribution in [-0.2, 0) is 12.8 Å². The first-order valence-corrected chi connectivity index (χ1v) is 8.93. The molecular formula is C18H21N5S. The predicted molar refractivity (Wildman–Crippen MR) is 98.4 cm³/mol. The highest BCUT2D eigenvalue weighted by Crippen LogP contribution is 2.20.